The van der Waals surface area contributed by atoms with Gasteiger partial charge in [-0.2, -0.15) is 0 Å². The van der Waals surface area contributed by atoms with Crippen molar-refractivity contribution in [3.63, 3.8) is 0 Å². The number of esters is 1. The number of imidazole rings is 1. The molecule has 7 nitrogen and oxygen atoms in total. The third kappa shape index (κ3) is 6.57. The van der Waals surface area contributed by atoms with Gasteiger partial charge in [-0.25, -0.2) is 32.3 Å². The van der Waals surface area contributed by atoms with E-state index in [1.54, 1.807) is 29.7 Å². The molecule has 2 aromatic heterocycles. The first-order chi connectivity index (χ1) is 21.7. The van der Waals surface area contributed by atoms with Crippen molar-refractivity contribution >= 4 is 32.9 Å². The highest BCUT2D eigenvalue weighted by Crippen LogP contribution is 2.30. The normalized spacial score (nSPS) is 14.4. The fourth-order valence-electron chi connectivity index (χ4n) is 5.06. The Morgan fingerprint density at radius 3 is 2.51 bits per heavy atom. The SMILES string of the molecule is CCOC(=O)c1cc(F)c2nc(Cc3cc(F)c(-c4cccc(OCc5ccc(Br)cc5F)n4)cc3F)n(C[C@@H]3CCO3)c2c1. The van der Waals surface area contributed by atoms with Gasteiger partial charge in [0.15, 0.2) is 5.82 Å². The molecule has 1 aliphatic rings. The van der Waals surface area contributed by atoms with Crippen LogP contribution < -0.4 is 4.74 Å². The predicted molar refractivity (Wildman–Crippen MR) is 161 cm³/mol. The van der Waals surface area contributed by atoms with E-state index in [0.717, 1.165) is 24.6 Å². The minimum Gasteiger partial charge on any atom is -0.473 e. The van der Waals surface area contributed by atoms with E-state index in [-0.39, 0.29) is 65.3 Å². The van der Waals surface area contributed by atoms with E-state index < -0.39 is 29.2 Å². The molecule has 232 valence electrons. The molecule has 0 N–H and O–H groups in total. The van der Waals surface area contributed by atoms with Gasteiger partial charge in [0.2, 0.25) is 5.88 Å². The van der Waals surface area contributed by atoms with E-state index in [4.69, 9.17) is 14.2 Å². The fraction of sp³-hybridized carbons (Fsp3) is 0.242. The van der Waals surface area contributed by atoms with E-state index in [1.807, 2.05) is 0 Å². The number of rotatable bonds is 10. The molecule has 0 saturated carbocycles. The average molecular weight is 684 g/mol. The van der Waals surface area contributed by atoms with Gasteiger partial charge in [0.05, 0.1) is 36.0 Å². The lowest BCUT2D eigenvalue weighted by molar-refractivity contribution is -0.0589. The van der Waals surface area contributed by atoms with Crippen molar-refractivity contribution in [3.05, 3.63) is 111 Å². The predicted octanol–water partition coefficient (Wildman–Crippen LogP) is 7.55. The zero-order chi connectivity index (χ0) is 31.7. The summed E-state index contributed by atoms with van der Waals surface area (Å²) in [5, 5.41) is 0. The Bertz CT molecular complexity index is 1910. The van der Waals surface area contributed by atoms with Gasteiger partial charge in [0.1, 0.15) is 35.4 Å². The van der Waals surface area contributed by atoms with Crippen LogP contribution in [0.3, 0.4) is 0 Å². The number of nitrogens with zero attached hydrogens (tertiary/aromatic N) is 3. The topological polar surface area (TPSA) is 75.5 Å². The number of carbonyl (C=O) groups excluding carboxylic acids is 1. The van der Waals surface area contributed by atoms with Crippen molar-refractivity contribution in [1.29, 1.82) is 0 Å². The van der Waals surface area contributed by atoms with Crippen molar-refractivity contribution in [3.8, 4) is 17.1 Å². The van der Waals surface area contributed by atoms with Gasteiger partial charge < -0.3 is 18.8 Å². The largest absolute Gasteiger partial charge is 0.473 e. The second-order valence-corrected chi connectivity index (χ2v) is 11.4. The summed E-state index contributed by atoms with van der Waals surface area (Å²) in [6, 6.07) is 13.8. The number of pyridine rings is 1. The first-order valence-corrected chi connectivity index (χ1v) is 15.0. The van der Waals surface area contributed by atoms with Gasteiger partial charge in [-0.3, -0.25) is 0 Å². The number of carbonyl (C=O) groups is 1. The summed E-state index contributed by atoms with van der Waals surface area (Å²) in [5.74, 6) is -2.95. The minimum atomic E-state index is -0.740. The second kappa shape index (κ2) is 13.0. The average Bonchev–Trinajstić information content (AvgIpc) is 3.33. The van der Waals surface area contributed by atoms with Crippen molar-refractivity contribution in [1.82, 2.24) is 14.5 Å². The number of ether oxygens (including phenoxy) is 3. The lowest BCUT2D eigenvalue weighted by Gasteiger charge is -2.27. The van der Waals surface area contributed by atoms with Crippen LogP contribution >= 0.6 is 15.9 Å². The smallest absolute Gasteiger partial charge is 0.338 e. The van der Waals surface area contributed by atoms with E-state index >= 15 is 13.2 Å². The van der Waals surface area contributed by atoms with E-state index in [0.29, 0.717) is 28.7 Å². The van der Waals surface area contributed by atoms with Crippen LogP contribution in [0.4, 0.5) is 17.6 Å². The van der Waals surface area contributed by atoms with Crippen LogP contribution in [0.1, 0.15) is 40.7 Å². The van der Waals surface area contributed by atoms with Gasteiger partial charge >= 0.3 is 5.97 Å². The van der Waals surface area contributed by atoms with E-state index in [2.05, 4.69) is 25.9 Å². The molecular weight excluding hydrogens is 658 g/mol. The Morgan fingerprint density at radius 1 is 0.978 bits per heavy atom. The molecular formula is C33H26BrF4N3O4. The number of hydrogen-bond donors (Lipinski definition) is 0. The Labute approximate surface area is 263 Å². The van der Waals surface area contributed by atoms with Crippen molar-refractivity contribution in [2.45, 2.75) is 39.0 Å². The molecule has 1 fully saturated rings. The molecule has 3 aromatic carbocycles. The zero-order valence-corrected chi connectivity index (χ0v) is 25.5. The van der Waals surface area contributed by atoms with Crippen molar-refractivity contribution < 1.29 is 36.6 Å². The van der Waals surface area contributed by atoms with E-state index in [9.17, 15) is 9.18 Å². The molecule has 1 saturated heterocycles. The summed E-state index contributed by atoms with van der Waals surface area (Å²) in [4.78, 5) is 21.1. The lowest BCUT2D eigenvalue weighted by Crippen LogP contribution is -2.31. The highest BCUT2D eigenvalue weighted by Gasteiger charge is 2.25. The number of fused-ring (bicyclic) bond motifs is 1. The van der Waals surface area contributed by atoms with Crippen LogP contribution in [0.15, 0.2) is 65.1 Å². The maximum Gasteiger partial charge on any atom is 0.338 e. The van der Waals surface area contributed by atoms with Gasteiger partial charge in [0.25, 0.3) is 0 Å². The Hall–Kier alpha value is -4.29. The molecule has 6 rings (SSSR count). The van der Waals surface area contributed by atoms with Crippen LogP contribution in [-0.4, -0.2) is 39.8 Å². The van der Waals surface area contributed by atoms with Gasteiger partial charge in [0, 0.05) is 34.7 Å². The molecule has 1 aliphatic heterocycles. The first-order valence-electron chi connectivity index (χ1n) is 14.2. The summed E-state index contributed by atoms with van der Waals surface area (Å²) in [7, 11) is 0. The zero-order valence-electron chi connectivity index (χ0n) is 24.0. The molecule has 0 unspecified atom stereocenters. The molecule has 0 radical (unpaired) electrons. The van der Waals surface area contributed by atoms with Crippen LogP contribution in [0.5, 0.6) is 5.88 Å². The second-order valence-electron chi connectivity index (χ2n) is 10.5. The van der Waals surface area contributed by atoms with Gasteiger partial charge in [-0.15, -0.1) is 0 Å². The van der Waals surface area contributed by atoms with Gasteiger partial charge in [-0.1, -0.05) is 28.1 Å². The molecule has 45 heavy (non-hydrogen) atoms. The highest BCUT2D eigenvalue weighted by atomic mass is 79.9. The Morgan fingerprint density at radius 2 is 1.78 bits per heavy atom. The summed E-state index contributed by atoms with van der Waals surface area (Å²) in [6.07, 6.45) is 0.443. The quantitative estimate of drug-likeness (QED) is 0.112. The third-order valence-corrected chi connectivity index (χ3v) is 7.95. The molecule has 12 heteroatoms. The highest BCUT2D eigenvalue weighted by molar-refractivity contribution is 9.10. The van der Waals surface area contributed by atoms with Crippen LogP contribution in [0.2, 0.25) is 0 Å². The third-order valence-electron chi connectivity index (χ3n) is 7.45. The molecule has 0 aliphatic carbocycles. The maximum absolute atomic E-state index is 15.5. The first kappa shape index (κ1) is 30.7. The number of halogens is 5. The molecule has 3 heterocycles. The number of aromatic nitrogens is 3. The van der Waals surface area contributed by atoms with Crippen molar-refractivity contribution in [2.75, 3.05) is 13.2 Å². The summed E-state index contributed by atoms with van der Waals surface area (Å²) < 4.78 is 78.8. The Kier molecular flexibility index (Phi) is 8.86. The van der Waals surface area contributed by atoms with Crippen LogP contribution in [0, 0.1) is 23.3 Å². The van der Waals surface area contributed by atoms with Crippen LogP contribution in [0.25, 0.3) is 22.3 Å². The maximum atomic E-state index is 15.5. The molecule has 5 aromatic rings. The fourth-order valence-corrected chi connectivity index (χ4v) is 5.39. The Balaban J connectivity index is 1.29. The number of benzene rings is 3. The summed E-state index contributed by atoms with van der Waals surface area (Å²) >= 11 is 3.21. The molecule has 0 bridgehead atoms. The number of hydrogen-bond acceptors (Lipinski definition) is 6. The standard InChI is InChI=1S/C33H26BrF4N3O4/c1-2-43-33(42)20-11-27(38)32-29(12-20)41(16-22-8-9-44-22)30(40-32)13-19-10-26(37)23(15-25(19)36)28-4-3-5-31(39-28)45-17-18-6-7-21(34)14-24(18)35/h3-7,10-12,14-15,22H,2,8-9,13,16-17H2,1H3/t22-/m0/s1. The monoisotopic (exact) mass is 683 g/mol. The van der Waals surface area contributed by atoms with Gasteiger partial charge in [-0.05, 0) is 61.4 Å². The summed E-state index contributed by atoms with van der Waals surface area (Å²) in [6.45, 7) is 2.53. The summed E-state index contributed by atoms with van der Waals surface area (Å²) in [5.41, 5.74) is 0.661. The minimum absolute atomic E-state index is 0.00101. The van der Waals surface area contributed by atoms with Crippen LogP contribution in [-0.2, 0) is 29.0 Å². The van der Waals surface area contributed by atoms with E-state index in [1.165, 1.54) is 24.3 Å². The molecule has 0 spiro atoms. The van der Waals surface area contributed by atoms with Crippen molar-refractivity contribution in [2.24, 2.45) is 0 Å². The molecule has 1 atom stereocenters. The lowest BCUT2D eigenvalue weighted by atomic mass is 10.0. The molecule has 0 amide bonds.